The minimum absolute atomic E-state index is 0.0109. The largest absolute Gasteiger partial charge is 0.480 e. The highest BCUT2D eigenvalue weighted by Crippen LogP contribution is 2.40. The van der Waals surface area contributed by atoms with Gasteiger partial charge in [-0.1, -0.05) is 30.3 Å². The van der Waals surface area contributed by atoms with Gasteiger partial charge in [0.25, 0.3) is 0 Å². The summed E-state index contributed by atoms with van der Waals surface area (Å²) in [7, 11) is 1.35. The molecule has 1 atom stereocenters. The monoisotopic (exact) mass is 700 g/mol. The number of esters is 1. The van der Waals surface area contributed by atoms with E-state index < -0.39 is 30.5 Å². The molecule has 15 heteroatoms. The third-order valence-corrected chi connectivity index (χ3v) is 9.13. The van der Waals surface area contributed by atoms with E-state index in [0.29, 0.717) is 17.3 Å². The van der Waals surface area contributed by atoms with Gasteiger partial charge in [0, 0.05) is 16.0 Å². The van der Waals surface area contributed by atoms with Crippen molar-refractivity contribution in [1.29, 1.82) is 5.26 Å². The molecule has 14 nitrogen and oxygen atoms in total. The Labute approximate surface area is 292 Å². The molecule has 0 bridgehead atoms. The Morgan fingerprint density at radius 3 is 2.28 bits per heavy atom. The van der Waals surface area contributed by atoms with Gasteiger partial charge in [0.15, 0.2) is 5.82 Å². The lowest BCUT2D eigenvalue weighted by atomic mass is 9.96. The summed E-state index contributed by atoms with van der Waals surface area (Å²) in [6.45, 7) is 6.08. The lowest BCUT2D eigenvalue weighted by Gasteiger charge is -2.13. The van der Waals surface area contributed by atoms with Crippen LogP contribution in [0.1, 0.15) is 51.2 Å². The molecular weight excluding hydrogens is 664 g/mol. The maximum atomic E-state index is 12.5. The predicted molar refractivity (Wildman–Crippen MR) is 184 cm³/mol. The molecule has 1 aliphatic rings. The van der Waals surface area contributed by atoms with Crippen LogP contribution in [-0.2, 0) is 33.3 Å². The van der Waals surface area contributed by atoms with Crippen LogP contribution in [0, 0.1) is 32.1 Å². The quantitative estimate of drug-likeness (QED) is 0.133. The maximum Gasteiger partial charge on any atom is 0.329 e. The zero-order chi connectivity index (χ0) is 35.8. The maximum absolute atomic E-state index is 12.5. The number of nitrogens with zero attached hydrogens (tertiary/aromatic N) is 5. The summed E-state index contributed by atoms with van der Waals surface area (Å²) >= 11 is 1.63. The predicted octanol–water partition coefficient (Wildman–Crippen LogP) is 4.32. The summed E-state index contributed by atoms with van der Waals surface area (Å²) in [5.41, 5.74) is 5.91. The Balaban J connectivity index is 1.29. The number of aliphatic imine (C=N–C) groups is 1. The molecule has 1 amide bonds. The third-order valence-electron chi connectivity index (χ3n) is 7.94. The summed E-state index contributed by atoms with van der Waals surface area (Å²) in [5.74, 6) is -0.597. The molecule has 2 aromatic carbocycles. The number of nitriles is 1. The number of carboxylic acids is 1. The minimum atomic E-state index is -1.05. The van der Waals surface area contributed by atoms with Crippen molar-refractivity contribution >= 4 is 40.6 Å². The molecule has 0 fully saturated rings. The van der Waals surface area contributed by atoms with Crippen molar-refractivity contribution in [2.24, 2.45) is 4.99 Å². The second kappa shape index (κ2) is 16.4. The zero-order valence-corrected chi connectivity index (χ0v) is 28.8. The first kappa shape index (κ1) is 36.0. The van der Waals surface area contributed by atoms with Crippen LogP contribution in [0.4, 0.5) is 5.69 Å². The fraction of sp³-hybridized carbons (Fsp3) is 0.343. The van der Waals surface area contributed by atoms with Crippen molar-refractivity contribution < 1.29 is 38.4 Å². The number of carboxylic acid groups (broad SMARTS) is 1. The van der Waals surface area contributed by atoms with Crippen molar-refractivity contribution in [1.82, 2.24) is 14.8 Å². The van der Waals surface area contributed by atoms with E-state index in [4.69, 9.17) is 29.0 Å². The van der Waals surface area contributed by atoms with Gasteiger partial charge in [-0.25, -0.2) is 4.79 Å². The van der Waals surface area contributed by atoms with Gasteiger partial charge >= 0.3 is 11.9 Å². The first-order valence-corrected chi connectivity index (χ1v) is 16.5. The van der Waals surface area contributed by atoms with Gasteiger partial charge in [-0.3, -0.25) is 19.1 Å². The number of rotatable bonds is 15. The smallest absolute Gasteiger partial charge is 0.329 e. The highest BCUT2D eigenvalue weighted by molar-refractivity contribution is 7.15. The molecule has 0 saturated heterocycles. The molecule has 5 rings (SSSR count). The Bertz CT molecular complexity index is 1960. The SMILES string of the molecule is COC(=O)C[C@@H]1N=C(c2ccc(-c3ccc(NC(=O)COCCOCCOCC(=O)O)c(C#N)c3)cc2)c2c(sc(C)c2C)-n2c(C)nnc21. The first-order chi connectivity index (χ1) is 24.1. The van der Waals surface area contributed by atoms with E-state index in [1.54, 1.807) is 23.5 Å². The molecule has 2 N–H and O–H groups in total. The average Bonchev–Trinajstić information content (AvgIpc) is 3.58. The van der Waals surface area contributed by atoms with E-state index in [0.717, 1.165) is 43.4 Å². The number of carbonyl (C=O) groups excluding carboxylic acids is 2. The van der Waals surface area contributed by atoms with E-state index in [2.05, 4.69) is 35.4 Å². The average molecular weight is 701 g/mol. The van der Waals surface area contributed by atoms with Crippen molar-refractivity contribution in [3.8, 4) is 22.2 Å². The van der Waals surface area contributed by atoms with Crippen LogP contribution in [-0.4, -0.2) is 90.2 Å². The van der Waals surface area contributed by atoms with E-state index >= 15 is 0 Å². The van der Waals surface area contributed by atoms with Crippen LogP contribution >= 0.6 is 11.3 Å². The Morgan fingerprint density at radius 1 is 0.940 bits per heavy atom. The van der Waals surface area contributed by atoms with Gasteiger partial charge in [-0.2, -0.15) is 5.26 Å². The summed E-state index contributed by atoms with van der Waals surface area (Å²) in [6.07, 6.45) is 0.0109. The number of nitrogens with one attached hydrogen (secondary N) is 1. The van der Waals surface area contributed by atoms with Crippen LogP contribution in [0.25, 0.3) is 16.1 Å². The Kier molecular flexibility index (Phi) is 11.8. The molecule has 0 unspecified atom stereocenters. The number of aliphatic carboxylic acids is 1. The molecule has 0 spiro atoms. The fourth-order valence-corrected chi connectivity index (χ4v) is 6.57. The summed E-state index contributed by atoms with van der Waals surface area (Å²) < 4.78 is 22.4. The molecule has 3 heterocycles. The Morgan fingerprint density at radius 2 is 1.60 bits per heavy atom. The number of carbonyl (C=O) groups is 3. The minimum Gasteiger partial charge on any atom is -0.480 e. The van der Waals surface area contributed by atoms with E-state index in [9.17, 15) is 19.6 Å². The number of benzene rings is 2. The fourth-order valence-electron chi connectivity index (χ4n) is 5.36. The zero-order valence-electron chi connectivity index (χ0n) is 28.0. The molecule has 260 valence electrons. The molecule has 2 aromatic heterocycles. The molecular formula is C35H36N6O8S. The lowest BCUT2D eigenvalue weighted by Crippen LogP contribution is -2.20. The number of aryl methyl sites for hydroxylation is 2. The second-order valence-electron chi connectivity index (χ2n) is 11.3. The second-order valence-corrected chi connectivity index (χ2v) is 12.5. The molecule has 1 aliphatic heterocycles. The van der Waals surface area contributed by atoms with E-state index in [-0.39, 0.29) is 45.0 Å². The van der Waals surface area contributed by atoms with Gasteiger partial charge in [-0.15, -0.1) is 21.5 Å². The van der Waals surface area contributed by atoms with Crippen LogP contribution in [0.5, 0.6) is 0 Å². The number of ether oxygens (including phenoxy) is 4. The van der Waals surface area contributed by atoms with Crippen molar-refractivity contribution in [2.45, 2.75) is 33.2 Å². The molecule has 0 radical (unpaired) electrons. The van der Waals surface area contributed by atoms with E-state index in [1.165, 1.54) is 7.11 Å². The summed E-state index contributed by atoms with van der Waals surface area (Å²) in [5, 5.41) is 30.8. The van der Waals surface area contributed by atoms with Crippen LogP contribution in [0.3, 0.4) is 0 Å². The van der Waals surface area contributed by atoms with Gasteiger partial charge in [0.05, 0.1) is 56.9 Å². The van der Waals surface area contributed by atoms with Crippen molar-refractivity contribution in [2.75, 3.05) is 52.1 Å². The van der Waals surface area contributed by atoms with Gasteiger partial charge in [-0.05, 0) is 49.6 Å². The van der Waals surface area contributed by atoms with Gasteiger partial charge in [0.2, 0.25) is 5.91 Å². The highest BCUT2D eigenvalue weighted by Gasteiger charge is 2.32. The lowest BCUT2D eigenvalue weighted by molar-refractivity contribution is -0.143. The number of methoxy groups -OCH3 is 1. The number of hydrogen-bond donors (Lipinski definition) is 2. The standard InChI is InChI=1S/C35H36N6O8S/c1-20-21(2)50-35-32(20)33(38-28(16-31(45)46-4)34-40-39-22(3)41(34)35)24-7-5-23(6-8-24)25-9-10-27(26(15-25)17-36)37-29(42)18-48-13-11-47-12-14-49-19-30(43)44/h5-10,15,28H,11-14,16,18-19H2,1-4H3,(H,37,42)(H,43,44)/t28-/m0/s1. The molecule has 0 aliphatic carbocycles. The number of aromatic nitrogens is 3. The van der Waals surface area contributed by atoms with Crippen LogP contribution < -0.4 is 5.32 Å². The highest BCUT2D eigenvalue weighted by atomic mass is 32.1. The summed E-state index contributed by atoms with van der Waals surface area (Å²) in [6, 6.07) is 14.6. The Hall–Kier alpha value is -5.27. The van der Waals surface area contributed by atoms with E-state index in [1.807, 2.05) is 41.8 Å². The van der Waals surface area contributed by atoms with Crippen LogP contribution in [0.2, 0.25) is 0 Å². The molecule has 4 aromatic rings. The number of thiophene rings is 1. The van der Waals surface area contributed by atoms with Gasteiger partial charge in [0.1, 0.15) is 36.2 Å². The molecule has 50 heavy (non-hydrogen) atoms. The number of fused-ring (bicyclic) bond motifs is 3. The van der Waals surface area contributed by atoms with Crippen LogP contribution in [0.15, 0.2) is 47.5 Å². The van der Waals surface area contributed by atoms with Gasteiger partial charge < -0.3 is 29.4 Å². The molecule has 0 saturated carbocycles. The topological polar surface area (TPSA) is 187 Å². The summed E-state index contributed by atoms with van der Waals surface area (Å²) in [4.78, 5) is 41.5. The number of amides is 1. The van der Waals surface area contributed by atoms with Crippen molar-refractivity contribution in [3.05, 3.63) is 81.2 Å². The van der Waals surface area contributed by atoms with Crippen molar-refractivity contribution in [3.63, 3.8) is 0 Å². The third kappa shape index (κ3) is 8.29. The normalized spacial score (nSPS) is 13.4. The number of anilines is 1. The number of hydrogen-bond acceptors (Lipinski definition) is 12. The first-order valence-electron chi connectivity index (χ1n) is 15.7.